The Bertz CT molecular complexity index is 393. The number of alkyl halides is 1. The molecule has 0 heterocycles. The van der Waals surface area contributed by atoms with Gasteiger partial charge in [-0.05, 0) is 38.5 Å². The normalized spacial score (nSPS) is 17.6. The standard InChI is InChI=1S/C10H19ClN2O4S/c1-8(2)17-9(14)13-18(15,16)12-7-10(3-4-10)5-6-11/h8,12H,3-7H2,1-2H3,(H,13,14). The molecule has 1 aliphatic rings. The predicted octanol–water partition coefficient (Wildman–Crippen LogP) is 1.36. The molecule has 0 spiro atoms. The number of carbonyl (C=O) groups excluding carboxylic acids is 1. The zero-order valence-corrected chi connectivity index (χ0v) is 12.1. The summed E-state index contributed by atoms with van der Waals surface area (Å²) in [5, 5.41) is 0. The lowest BCUT2D eigenvalue weighted by atomic mass is 10.1. The molecule has 1 fully saturated rings. The maximum atomic E-state index is 11.5. The summed E-state index contributed by atoms with van der Waals surface area (Å²) in [5.41, 5.74) is -0.0293. The quantitative estimate of drug-likeness (QED) is 0.695. The molecule has 0 atom stereocenters. The molecule has 1 amide bonds. The van der Waals surface area contributed by atoms with E-state index in [2.05, 4.69) is 4.72 Å². The SMILES string of the molecule is CC(C)OC(=O)NS(=O)(=O)NCC1(CCCl)CC1. The van der Waals surface area contributed by atoms with E-state index >= 15 is 0 Å². The summed E-state index contributed by atoms with van der Waals surface area (Å²) in [4.78, 5) is 11.2. The van der Waals surface area contributed by atoms with E-state index in [0.29, 0.717) is 12.4 Å². The highest BCUT2D eigenvalue weighted by molar-refractivity contribution is 7.88. The molecule has 0 unspecified atom stereocenters. The average Bonchev–Trinajstić information content (AvgIpc) is 2.94. The van der Waals surface area contributed by atoms with Crippen molar-refractivity contribution < 1.29 is 17.9 Å². The van der Waals surface area contributed by atoms with Crippen LogP contribution in [-0.2, 0) is 14.9 Å². The van der Waals surface area contributed by atoms with Gasteiger partial charge in [0.05, 0.1) is 6.10 Å². The van der Waals surface area contributed by atoms with E-state index in [0.717, 1.165) is 19.3 Å². The Morgan fingerprint density at radius 2 is 2.06 bits per heavy atom. The molecule has 8 heteroatoms. The van der Waals surface area contributed by atoms with Crippen LogP contribution in [0, 0.1) is 5.41 Å². The summed E-state index contributed by atoms with van der Waals surface area (Å²) in [7, 11) is -3.86. The predicted molar refractivity (Wildman–Crippen MR) is 68.7 cm³/mol. The van der Waals surface area contributed by atoms with Gasteiger partial charge in [0, 0.05) is 12.4 Å². The first-order valence-electron chi connectivity index (χ1n) is 5.83. The minimum Gasteiger partial charge on any atom is -0.446 e. The highest BCUT2D eigenvalue weighted by Crippen LogP contribution is 2.48. The topological polar surface area (TPSA) is 84.5 Å². The molecule has 106 valence electrons. The number of ether oxygens (including phenoxy) is 1. The van der Waals surface area contributed by atoms with Crippen molar-refractivity contribution in [2.75, 3.05) is 12.4 Å². The van der Waals surface area contributed by atoms with Gasteiger partial charge >= 0.3 is 16.3 Å². The largest absolute Gasteiger partial charge is 0.446 e. The van der Waals surface area contributed by atoms with Crippen molar-refractivity contribution in [2.45, 2.75) is 39.2 Å². The second-order valence-electron chi connectivity index (χ2n) is 4.82. The molecule has 2 N–H and O–H groups in total. The zero-order valence-electron chi connectivity index (χ0n) is 10.5. The molecular weight excluding hydrogens is 280 g/mol. The van der Waals surface area contributed by atoms with Crippen molar-refractivity contribution in [3.63, 3.8) is 0 Å². The lowest BCUT2D eigenvalue weighted by Gasteiger charge is -2.15. The van der Waals surface area contributed by atoms with Crippen molar-refractivity contribution in [3.8, 4) is 0 Å². The van der Waals surface area contributed by atoms with Gasteiger partial charge in [0.25, 0.3) is 0 Å². The van der Waals surface area contributed by atoms with E-state index < -0.39 is 16.3 Å². The van der Waals surface area contributed by atoms with Crippen molar-refractivity contribution in [1.29, 1.82) is 0 Å². The van der Waals surface area contributed by atoms with Crippen molar-refractivity contribution in [1.82, 2.24) is 9.44 Å². The Morgan fingerprint density at radius 3 is 2.50 bits per heavy atom. The van der Waals surface area contributed by atoms with Gasteiger partial charge < -0.3 is 4.74 Å². The molecule has 6 nitrogen and oxygen atoms in total. The number of hydrogen-bond donors (Lipinski definition) is 2. The summed E-state index contributed by atoms with van der Waals surface area (Å²) in [5.74, 6) is 0.505. The van der Waals surface area contributed by atoms with E-state index in [9.17, 15) is 13.2 Å². The van der Waals surface area contributed by atoms with Crippen LogP contribution in [-0.4, -0.2) is 33.0 Å². The van der Waals surface area contributed by atoms with E-state index in [1.165, 1.54) is 0 Å². The summed E-state index contributed by atoms with van der Waals surface area (Å²) >= 11 is 5.65. The van der Waals surface area contributed by atoms with Gasteiger partial charge in [-0.25, -0.2) is 9.52 Å². The van der Waals surface area contributed by atoms with Crippen molar-refractivity contribution >= 4 is 27.9 Å². The Hall–Kier alpha value is -0.530. The summed E-state index contributed by atoms with van der Waals surface area (Å²) in [6.07, 6.45) is 1.34. The minimum atomic E-state index is -3.86. The molecule has 1 rings (SSSR count). The maximum absolute atomic E-state index is 11.5. The second kappa shape index (κ2) is 6.08. The molecule has 0 aromatic carbocycles. The van der Waals surface area contributed by atoms with E-state index in [1.807, 2.05) is 0 Å². The molecule has 0 bridgehead atoms. The van der Waals surface area contributed by atoms with Crippen LogP contribution in [0.15, 0.2) is 0 Å². The fourth-order valence-corrected chi connectivity index (χ4v) is 2.76. The highest BCUT2D eigenvalue weighted by Gasteiger charge is 2.42. The Morgan fingerprint density at radius 1 is 1.44 bits per heavy atom. The van der Waals surface area contributed by atoms with Crippen LogP contribution in [0.2, 0.25) is 0 Å². The fraction of sp³-hybridized carbons (Fsp3) is 0.900. The monoisotopic (exact) mass is 298 g/mol. The molecular formula is C10H19ClN2O4S. The molecule has 1 saturated carbocycles. The van der Waals surface area contributed by atoms with E-state index in [4.69, 9.17) is 16.3 Å². The van der Waals surface area contributed by atoms with Crippen LogP contribution in [0.5, 0.6) is 0 Å². The minimum absolute atomic E-state index is 0.0293. The molecule has 0 saturated heterocycles. The number of nitrogens with one attached hydrogen (secondary N) is 2. The van der Waals surface area contributed by atoms with Crippen LogP contribution in [0.25, 0.3) is 0 Å². The summed E-state index contributed by atoms with van der Waals surface area (Å²) < 4.78 is 31.9. The van der Waals surface area contributed by atoms with Crippen LogP contribution >= 0.6 is 11.6 Å². The molecule has 1 aliphatic carbocycles. The van der Waals surface area contributed by atoms with E-state index in [-0.39, 0.29) is 11.5 Å². The van der Waals surface area contributed by atoms with Gasteiger partial charge in [0.2, 0.25) is 0 Å². The Labute approximate surface area is 113 Å². The first-order chi connectivity index (χ1) is 8.29. The molecule has 18 heavy (non-hydrogen) atoms. The van der Waals surface area contributed by atoms with Gasteiger partial charge in [0.15, 0.2) is 0 Å². The van der Waals surface area contributed by atoms with Crippen LogP contribution in [0.1, 0.15) is 33.1 Å². The van der Waals surface area contributed by atoms with Crippen molar-refractivity contribution in [3.05, 3.63) is 0 Å². The fourth-order valence-electron chi connectivity index (χ4n) is 1.52. The third-order valence-corrected chi connectivity index (χ3v) is 3.93. The Balaban J connectivity index is 2.38. The number of rotatable bonds is 7. The lowest BCUT2D eigenvalue weighted by Crippen LogP contribution is -2.43. The van der Waals surface area contributed by atoms with Crippen LogP contribution < -0.4 is 9.44 Å². The number of amides is 1. The third kappa shape index (κ3) is 5.41. The molecule has 0 aliphatic heterocycles. The van der Waals surface area contributed by atoms with Crippen LogP contribution in [0.3, 0.4) is 0 Å². The van der Waals surface area contributed by atoms with Crippen LogP contribution in [0.4, 0.5) is 4.79 Å². The molecule has 0 aromatic rings. The van der Waals surface area contributed by atoms with Gasteiger partial charge in [-0.2, -0.15) is 13.1 Å². The highest BCUT2D eigenvalue weighted by atomic mass is 35.5. The Kier molecular flexibility index (Phi) is 5.24. The van der Waals surface area contributed by atoms with E-state index in [1.54, 1.807) is 18.6 Å². The summed E-state index contributed by atoms with van der Waals surface area (Å²) in [6, 6.07) is 0. The van der Waals surface area contributed by atoms with Gasteiger partial charge in [0.1, 0.15) is 0 Å². The van der Waals surface area contributed by atoms with Gasteiger partial charge in [-0.15, -0.1) is 11.6 Å². The van der Waals surface area contributed by atoms with Gasteiger partial charge in [-0.1, -0.05) is 0 Å². The lowest BCUT2D eigenvalue weighted by molar-refractivity contribution is 0.121. The number of halogens is 1. The number of hydrogen-bond acceptors (Lipinski definition) is 4. The summed E-state index contributed by atoms with van der Waals surface area (Å²) in [6.45, 7) is 3.57. The second-order valence-corrected chi connectivity index (χ2v) is 6.70. The zero-order chi connectivity index (χ0) is 13.8. The van der Waals surface area contributed by atoms with Gasteiger partial charge in [-0.3, -0.25) is 0 Å². The molecule has 0 aromatic heterocycles. The maximum Gasteiger partial charge on any atom is 0.422 e. The van der Waals surface area contributed by atoms with Crippen molar-refractivity contribution in [2.24, 2.45) is 5.41 Å². The smallest absolute Gasteiger partial charge is 0.422 e. The average molecular weight is 299 g/mol. The number of carbonyl (C=O) groups is 1. The first-order valence-corrected chi connectivity index (χ1v) is 7.84. The first kappa shape index (κ1) is 15.5. The third-order valence-electron chi connectivity index (χ3n) is 2.78. The molecule has 0 radical (unpaired) electrons.